The van der Waals surface area contributed by atoms with Crippen molar-refractivity contribution < 1.29 is 17.6 Å². The van der Waals surface area contributed by atoms with Gasteiger partial charge in [0.1, 0.15) is 5.82 Å². The molecule has 0 radical (unpaired) electrons. The van der Waals surface area contributed by atoms with Crippen molar-refractivity contribution in [3.8, 4) is 0 Å². The number of piperazine rings is 1. The highest BCUT2D eigenvalue weighted by Gasteiger charge is 2.29. The molecule has 0 aromatic heterocycles. The number of sulfonamides is 1. The number of benzene rings is 2. The van der Waals surface area contributed by atoms with Crippen LogP contribution in [0.3, 0.4) is 0 Å². The maximum absolute atomic E-state index is 13.8. The number of carbonyl (C=O) groups is 1. The number of ketones is 1. The number of carbonyl (C=O) groups excluding carboxylic acids is 1. The van der Waals surface area contributed by atoms with E-state index in [9.17, 15) is 17.6 Å². The Morgan fingerprint density at radius 3 is 2.38 bits per heavy atom. The van der Waals surface area contributed by atoms with E-state index in [1.807, 2.05) is 4.90 Å². The van der Waals surface area contributed by atoms with E-state index in [-0.39, 0.29) is 16.5 Å². The second-order valence-corrected chi connectivity index (χ2v) is 8.29. The van der Waals surface area contributed by atoms with E-state index in [4.69, 9.17) is 0 Å². The minimum atomic E-state index is -3.64. The first kappa shape index (κ1) is 18.7. The van der Waals surface area contributed by atoms with Gasteiger partial charge < -0.3 is 0 Å². The minimum Gasteiger partial charge on any atom is -0.296 e. The summed E-state index contributed by atoms with van der Waals surface area (Å²) in [4.78, 5) is 13.7. The van der Waals surface area contributed by atoms with Crippen LogP contribution >= 0.6 is 0 Å². The third-order valence-electron chi connectivity index (χ3n) is 4.56. The van der Waals surface area contributed by atoms with Gasteiger partial charge in [-0.2, -0.15) is 4.31 Å². The van der Waals surface area contributed by atoms with Crippen LogP contribution in [0.2, 0.25) is 0 Å². The van der Waals surface area contributed by atoms with Crippen molar-refractivity contribution >= 4 is 15.8 Å². The van der Waals surface area contributed by atoms with Gasteiger partial charge in [0.2, 0.25) is 10.0 Å². The van der Waals surface area contributed by atoms with Gasteiger partial charge in [0.05, 0.1) is 4.90 Å². The molecule has 0 saturated carbocycles. The Balaban J connectivity index is 1.68. The van der Waals surface area contributed by atoms with Crippen LogP contribution in [-0.2, 0) is 16.6 Å². The molecule has 0 spiro atoms. The van der Waals surface area contributed by atoms with Gasteiger partial charge in [0, 0.05) is 43.9 Å². The minimum absolute atomic E-state index is 0.132. The quantitative estimate of drug-likeness (QED) is 0.753. The smallest absolute Gasteiger partial charge is 0.243 e. The Labute approximate surface area is 153 Å². The number of hydrogen-bond acceptors (Lipinski definition) is 4. The zero-order chi connectivity index (χ0) is 18.7. The monoisotopic (exact) mass is 376 g/mol. The molecule has 1 aliphatic heterocycles. The van der Waals surface area contributed by atoms with E-state index in [0.29, 0.717) is 43.9 Å². The van der Waals surface area contributed by atoms with Crippen LogP contribution < -0.4 is 0 Å². The summed E-state index contributed by atoms with van der Waals surface area (Å²) in [6.45, 7) is 3.59. The molecule has 138 valence electrons. The molecule has 1 aliphatic rings. The highest BCUT2D eigenvalue weighted by atomic mass is 32.2. The van der Waals surface area contributed by atoms with Crippen LogP contribution in [-0.4, -0.2) is 49.6 Å². The molecule has 0 bridgehead atoms. The average Bonchev–Trinajstić information content (AvgIpc) is 2.64. The Morgan fingerprint density at radius 1 is 1.04 bits per heavy atom. The first-order chi connectivity index (χ1) is 12.4. The predicted octanol–water partition coefficient (Wildman–Crippen LogP) is 2.53. The lowest BCUT2D eigenvalue weighted by molar-refractivity contribution is 0.101. The van der Waals surface area contributed by atoms with Crippen molar-refractivity contribution in [2.24, 2.45) is 0 Å². The van der Waals surface area contributed by atoms with Gasteiger partial charge >= 0.3 is 0 Å². The SMILES string of the molecule is CC(=O)c1cccc(S(=O)(=O)N2CCN(Cc3ccccc3F)CC2)c1. The highest BCUT2D eigenvalue weighted by Crippen LogP contribution is 2.20. The first-order valence-electron chi connectivity index (χ1n) is 8.45. The molecular formula is C19H21FN2O3S. The van der Waals surface area contributed by atoms with E-state index in [1.165, 1.54) is 29.4 Å². The molecule has 2 aromatic carbocycles. The maximum Gasteiger partial charge on any atom is 0.243 e. The van der Waals surface area contributed by atoms with Crippen LogP contribution in [0.5, 0.6) is 0 Å². The standard InChI is InChI=1S/C19H21FN2O3S/c1-15(23)16-6-4-7-18(13-16)26(24,25)22-11-9-21(10-12-22)14-17-5-2-3-8-19(17)20/h2-8,13H,9-12,14H2,1H3. The summed E-state index contributed by atoms with van der Waals surface area (Å²) in [5.41, 5.74) is 0.988. The molecule has 0 N–H and O–H groups in total. The molecule has 1 heterocycles. The fourth-order valence-corrected chi connectivity index (χ4v) is 4.49. The van der Waals surface area contributed by atoms with E-state index in [0.717, 1.165) is 0 Å². The van der Waals surface area contributed by atoms with Gasteiger partial charge in [0.15, 0.2) is 5.78 Å². The Bertz CT molecular complexity index is 907. The molecule has 3 rings (SSSR count). The first-order valence-corrected chi connectivity index (χ1v) is 9.89. The summed E-state index contributed by atoms with van der Waals surface area (Å²) in [5.74, 6) is -0.416. The normalized spacial score (nSPS) is 16.5. The molecular weight excluding hydrogens is 355 g/mol. The van der Waals surface area contributed by atoms with Gasteiger partial charge in [-0.15, -0.1) is 0 Å². The van der Waals surface area contributed by atoms with Gasteiger partial charge in [-0.05, 0) is 25.1 Å². The number of rotatable bonds is 5. The van der Waals surface area contributed by atoms with Crippen LogP contribution in [0.25, 0.3) is 0 Å². The van der Waals surface area contributed by atoms with Crippen molar-refractivity contribution in [3.63, 3.8) is 0 Å². The second kappa shape index (κ2) is 7.65. The van der Waals surface area contributed by atoms with Crippen molar-refractivity contribution in [1.82, 2.24) is 9.21 Å². The van der Waals surface area contributed by atoms with Crippen molar-refractivity contribution in [1.29, 1.82) is 0 Å². The van der Waals surface area contributed by atoms with E-state index < -0.39 is 10.0 Å². The number of hydrogen-bond donors (Lipinski definition) is 0. The molecule has 0 aliphatic carbocycles. The zero-order valence-corrected chi connectivity index (χ0v) is 15.4. The Morgan fingerprint density at radius 2 is 1.73 bits per heavy atom. The lowest BCUT2D eigenvalue weighted by Crippen LogP contribution is -2.48. The average molecular weight is 376 g/mol. The lowest BCUT2D eigenvalue weighted by atomic mass is 10.2. The summed E-state index contributed by atoms with van der Waals surface area (Å²) in [5, 5.41) is 0. The topological polar surface area (TPSA) is 57.7 Å². The zero-order valence-electron chi connectivity index (χ0n) is 14.6. The van der Waals surface area contributed by atoms with E-state index in [1.54, 1.807) is 30.3 Å². The maximum atomic E-state index is 13.8. The van der Waals surface area contributed by atoms with Gasteiger partial charge in [-0.25, -0.2) is 12.8 Å². The number of Topliss-reactive ketones (excluding diaryl/α,β-unsaturated/α-hetero) is 1. The van der Waals surface area contributed by atoms with Gasteiger partial charge in [-0.1, -0.05) is 30.3 Å². The Hall–Kier alpha value is -2.09. The molecule has 26 heavy (non-hydrogen) atoms. The van der Waals surface area contributed by atoms with Crippen LogP contribution in [0.4, 0.5) is 4.39 Å². The van der Waals surface area contributed by atoms with Crippen molar-refractivity contribution in [3.05, 3.63) is 65.5 Å². The number of nitrogens with zero attached hydrogens (tertiary/aromatic N) is 2. The third-order valence-corrected chi connectivity index (χ3v) is 6.46. The summed E-state index contributed by atoms with van der Waals surface area (Å²) in [7, 11) is -3.64. The molecule has 7 heteroatoms. The van der Waals surface area contributed by atoms with E-state index >= 15 is 0 Å². The molecule has 0 amide bonds. The highest BCUT2D eigenvalue weighted by molar-refractivity contribution is 7.89. The lowest BCUT2D eigenvalue weighted by Gasteiger charge is -2.34. The number of halogens is 1. The van der Waals surface area contributed by atoms with Crippen LogP contribution in [0, 0.1) is 5.82 Å². The summed E-state index contributed by atoms with van der Waals surface area (Å²) < 4.78 is 40.8. The molecule has 2 aromatic rings. The van der Waals surface area contributed by atoms with Crippen molar-refractivity contribution in [2.75, 3.05) is 26.2 Å². The van der Waals surface area contributed by atoms with Crippen molar-refractivity contribution in [2.45, 2.75) is 18.4 Å². The molecule has 5 nitrogen and oxygen atoms in total. The van der Waals surface area contributed by atoms with Gasteiger partial charge in [0.25, 0.3) is 0 Å². The third kappa shape index (κ3) is 4.00. The molecule has 0 atom stereocenters. The second-order valence-electron chi connectivity index (χ2n) is 6.36. The summed E-state index contributed by atoms with van der Waals surface area (Å²) >= 11 is 0. The summed E-state index contributed by atoms with van der Waals surface area (Å²) in [6.07, 6.45) is 0. The predicted molar refractivity (Wildman–Crippen MR) is 96.9 cm³/mol. The summed E-state index contributed by atoms with van der Waals surface area (Å²) in [6, 6.07) is 12.7. The van der Waals surface area contributed by atoms with Crippen LogP contribution in [0.1, 0.15) is 22.8 Å². The van der Waals surface area contributed by atoms with Crippen LogP contribution in [0.15, 0.2) is 53.4 Å². The fourth-order valence-electron chi connectivity index (χ4n) is 3.02. The van der Waals surface area contributed by atoms with Gasteiger partial charge in [-0.3, -0.25) is 9.69 Å². The molecule has 0 unspecified atom stereocenters. The Kier molecular flexibility index (Phi) is 5.50. The largest absolute Gasteiger partial charge is 0.296 e. The fraction of sp³-hybridized carbons (Fsp3) is 0.316. The molecule has 1 saturated heterocycles. The van der Waals surface area contributed by atoms with E-state index in [2.05, 4.69) is 0 Å². The molecule has 1 fully saturated rings.